The molecule has 0 bridgehead atoms. The summed E-state index contributed by atoms with van der Waals surface area (Å²) in [6.07, 6.45) is 0. The van der Waals surface area contributed by atoms with Crippen LogP contribution in [0.5, 0.6) is 0 Å². The Morgan fingerprint density at radius 3 is 2.47 bits per heavy atom. The molecule has 0 spiro atoms. The number of thiocarbonyl (C=S) groups is 1. The second-order valence-electron chi connectivity index (χ2n) is 7.94. The molecule has 1 unspecified atom stereocenters. The molecule has 3 aromatic carbocycles. The number of allylic oxidation sites excluding steroid dienone is 1. The van der Waals surface area contributed by atoms with Crippen LogP contribution < -0.4 is 5.32 Å². The van der Waals surface area contributed by atoms with Crippen molar-refractivity contribution in [2.45, 2.75) is 19.5 Å². The van der Waals surface area contributed by atoms with Gasteiger partial charge in [0.15, 0.2) is 5.11 Å². The molecule has 1 atom stereocenters. The number of hydrogen-bond donors (Lipinski definition) is 1. The molecule has 1 aromatic heterocycles. The molecule has 0 amide bonds. The number of rotatable bonds is 5. The summed E-state index contributed by atoms with van der Waals surface area (Å²) in [5.41, 5.74) is 3.93. The van der Waals surface area contributed by atoms with Gasteiger partial charge in [-0.05, 0) is 54.5 Å². The monoisotopic (exact) mass is 474 g/mol. The third-order valence-corrected chi connectivity index (χ3v) is 6.06. The fourth-order valence-corrected chi connectivity index (χ4v) is 4.32. The second-order valence-corrected chi connectivity index (χ2v) is 8.33. The molecule has 5 rings (SSSR count). The molecule has 0 saturated carbocycles. The molecule has 1 aliphatic heterocycles. The van der Waals surface area contributed by atoms with E-state index >= 15 is 0 Å². The van der Waals surface area contributed by atoms with Crippen molar-refractivity contribution in [3.8, 4) is 11.4 Å². The van der Waals surface area contributed by atoms with Crippen LogP contribution in [0.2, 0.25) is 0 Å². The van der Waals surface area contributed by atoms with Gasteiger partial charge in [0.25, 0.3) is 5.89 Å². The molecule has 0 radical (unpaired) electrons. The van der Waals surface area contributed by atoms with Crippen LogP contribution in [0.25, 0.3) is 17.0 Å². The van der Waals surface area contributed by atoms with Crippen LogP contribution in [0.15, 0.2) is 89.1 Å². The van der Waals surface area contributed by atoms with Crippen LogP contribution in [0.1, 0.15) is 30.0 Å². The molecular weight excluding hydrogens is 454 g/mol. The molecule has 1 aliphatic rings. The zero-order valence-electron chi connectivity index (χ0n) is 18.2. The quantitative estimate of drug-likeness (QED) is 0.365. The lowest BCUT2D eigenvalue weighted by Gasteiger charge is -2.37. The van der Waals surface area contributed by atoms with E-state index in [-0.39, 0.29) is 23.3 Å². The van der Waals surface area contributed by atoms with Crippen molar-refractivity contribution in [3.63, 3.8) is 0 Å². The number of aromatic nitrogens is 2. The number of nitrogens with one attached hydrogen (secondary N) is 1. The third kappa shape index (κ3) is 4.32. The van der Waals surface area contributed by atoms with Crippen molar-refractivity contribution < 1.29 is 13.3 Å². The minimum Gasteiger partial charge on any atom is -0.351 e. The van der Waals surface area contributed by atoms with Gasteiger partial charge in [-0.2, -0.15) is 4.98 Å². The van der Waals surface area contributed by atoms with Gasteiger partial charge in [-0.25, -0.2) is 8.78 Å². The summed E-state index contributed by atoms with van der Waals surface area (Å²) in [6.45, 7) is 2.48. The van der Waals surface area contributed by atoms with Crippen molar-refractivity contribution in [2.24, 2.45) is 0 Å². The fraction of sp³-hybridized carbons (Fsp3) is 0.115. The Hall–Kier alpha value is -3.91. The predicted molar refractivity (Wildman–Crippen MR) is 129 cm³/mol. The van der Waals surface area contributed by atoms with E-state index in [0.717, 1.165) is 16.8 Å². The summed E-state index contributed by atoms with van der Waals surface area (Å²) >= 11 is 5.70. The van der Waals surface area contributed by atoms with Gasteiger partial charge in [-0.15, -0.1) is 0 Å². The highest BCUT2D eigenvalue weighted by molar-refractivity contribution is 7.80. The highest BCUT2D eigenvalue weighted by Gasteiger charge is 2.34. The Morgan fingerprint density at radius 1 is 0.971 bits per heavy atom. The van der Waals surface area contributed by atoms with Gasteiger partial charge in [-0.3, -0.25) is 0 Å². The largest absolute Gasteiger partial charge is 0.351 e. The molecule has 4 aromatic rings. The highest BCUT2D eigenvalue weighted by Crippen LogP contribution is 2.38. The van der Waals surface area contributed by atoms with E-state index in [1.54, 1.807) is 24.3 Å². The van der Waals surface area contributed by atoms with Crippen molar-refractivity contribution in [2.75, 3.05) is 0 Å². The van der Waals surface area contributed by atoms with Crippen molar-refractivity contribution in [1.82, 2.24) is 20.4 Å². The first-order chi connectivity index (χ1) is 16.5. The minimum atomic E-state index is -0.430. The van der Waals surface area contributed by atoms with E-state index < -0.39 is 6.04 Å². The number of nitrogens with zero attached hydrogens (tertiary/aromatic N) is 3. The summed E-state index contributed by atoms with van der Waals surface area (Å²) in [6, 6.07) is 21.7. The second kappa shape index (κ2) is 9.15. The average molecular weight is 475 g/mol. The Labute approximate surface area is 200 Å². The smallest absolute Gasteiger partial charge is 0.258 e. The molecule has 8 heteroatoms. The van der Waals surface area contributed by atoms with Crippen LogP contribution in [0.4, 0.5) is 8.78 Å². The first kappa shape index (κ1) is 21.9. The van der Waals surface area contributed by atoms with Crippen LogP contribution in [0.3, 0.4) is 0 Å². The molecule has 0 fully saturated rings. The molecule has 1 N–H and O–H groups in total. The van der Waals surface area contributed by atoms with E-state index in [1.165, 1.54) is 24.3 Å². The number of halogens is 2. The lowest BCUT2D eigenvalue weighted by molar-refractivity contribution is 0.396. The topological polar surface area (TPSA) is 54.2 Å². The Morgan fingerprint density at radius 2 is 1.74 bits per heavy atom. The first-order valence-corrected chi connectivity index (χ1v) is 11.1. The molecule has 0 aliphatic carbocycles. The maximum absolute atomic E-state index is 13.7. The Kier molecular flexibility index (Phi) is 5.90. The Bertz CT molecular complexity index is 1370. The van der Waals surface area contributed by atoms with Crippen molar-refractivity contribution >= 4 is 22.9 Å². The first-order valence-electron chi connectivity index (χ1n) is 10.7. The van der Waals surface area contributed by atoms with Gasteiger partial charge in [0.05, 0.1) is 11.6 Å². The van der Waals surface area contributed by atoms with E-state index in [2.05, 4.69) is 15.5 Å². The minimum absolute atomic E-state index is 0.274. The van der Waals surface area contributed by atoms with Crippen LogP contribution in [-0.2, 0) is 6.54 Å². The SMILES string of the molecule is CC1=C(c2nc(-c3cccc(F)c3)no2)C(c2ccc(F)cc2)NC(=S)N1Cc1ccccc1. The highest BCUT2D eigenvalue weighted by atomic mass is 32.1. The molecule has 34 heavy (non-hydrogen) atoms. The third-order valence-electron chi connectivity index (χ3n) is 5.72. The molecule has 5 nitrogen and oxygen atoms in total. The van der Waals surface area contributed by atoms with Gasteiger partial charge >= 0.3 is 0 Å². The van der Waals surface area contributed by atoms with Gasteiger partial charge < -0.3 is 14.7 Å². The van der Waals surface area contributed by atoms with E-state index in [1.807, 2.05) is 42.2 Å². The van der Waals surface area contributed by atoms with E-state index in [0.29, 0.717) is 22.8 Å². The summed E-state index contributed by atoms with van der Waals surface area (Å²) in [5, 5.41) is 7.96. The molecule has 2 heterocycles. The summed E-state index contributed by atoms with van der Waals surface area (Å²) in [4.78, 5) is 6.53. The number of hydrogen-bond acceptors (Lipinski definition) is 4. The van der Waals surface area contributed by atoms with Crippen LogP contribution in [0, 0.1) is 11.6 Å². The van der Waals surface area contributed by atoms with E-state index in [4.69, 9.17) is 16.7 Å². The maximum Gasteiger partial charge on any atom is 0.258 e. The molecule has 0 saturated heterocycles. The zero-order valence-corrected chi connectivity index (χ0v) is 19.0. The predicted octanol–water partition coefficient (Wildman–Crippen LogP) is 5.88. The summed E-state index contributed by atoms with van der Waals surface area (Å²) in [7, 11) is 0. The van der Waals surface area contributed by atoms with E-state index in [9.17, 15) is 8.78 Å². The summed E-state index contributed by atoms with van der Waals surface area (Å²) < 4.78 is 33.0. The van der Waals surface area contributed by atoms with Crippen molar-refractivity contribution in [1.29, 1.82) is 0 Å². The van der Waals surface area contributed by atoms with Gasteiger partial charge in [0.2, 0.25) is 5.82 Å². The van der Waals surface area contributed by atoms with Gasteiger partial charge in [0, 0.05) is 17.8 Å². The standard InChI is InChI=1S/C26H20F2N4OS/c1-16-22(25-30-24(31-33-25)19-8-5-9-21(28)14-19)23(18-10-12-20(27)13-11-18)29-26(34)32(16)15-17-6-3-2-4-7-17/h2-14,23H,15H2,1H3,(H,29,34). The Balaban J connectivity index is 1.60. The van der Waals surface area contributed by atoms with Gasteiger partial charge in [0.1, 0.15) is 11.6 Å². The molecular formula is C26H20F2N4OS. The van der Waals surface area contributed by atoms with Gasteiger partial charge in [-0.1, -0.05) is 59.8 Å². The van der Waals surface area contributed by atoms with Crippen LogP contribution in [-0.4, -0.2) is 20.2 Å². The lowest BCUT2D eigenvalue weighted by atomic mass is 9.94. The molecule has 170 valence electrons. The maximum atomic E-state index is 13.7. The number of benzene rings is 3. The average Bonchev–Trinajstić information content (AvgIpc) is 3.32. The zero-order chi connectivity index (χ0) is 23.7. The van der Waals surface area contributed by atoms with Crippen LogP contribution >= 0.6 is 12.2 Å². The summed E-state index contributed by atoms with van der Waals surface area (Å²) in [5.74, 6) is -0.169. The fourth-order valence-electron chi connectivity index (χ4n) is 4.00. The lowest BCUT2D eigenvalue weighted by Crippen LogP contribution is -2.45. The van der Waals surface area contributed by atoms with Crippen molar-refractivity contribution in [3.05, 3.63) is 113 Å². The normalized spacial score (nSPS) is 16.0.